The zero-order valence-electron chi connectivity index (χ0n) is 20.4. The second-order valence-electron chi connectivity index (χ2n) is 10.1. The van der Waals surface area contributed by atoms with Gasteiger partial charge in [-0.3, -0.25) is 4.90 Å². The predicted molar refractivity (Wildman–Crippen MR) is 141 cm³/mol. The fourth-order valence-corrected chi connectivity index (χ4v) is 5.98. The molecule has 3 aromatic rings. The molecule has 3 fully saturated rings. The molecule has 3 aliphatic heterocycles. The summed E-state index contributed by atoms with van der Waals surface area (Å²) in [5.74, 6) is 0.420. The highest BCUT2D eigenvalue weighted by molar-refractivity contribution is 5.99. The van der Waals surface area contributed by atoms with Gasteiger partial charge in [0.05, 0.1) is 23.5 Å². The lowest BCUT2D eigenvalue weighted by Gasteiger charge is -2.53. The van der Waals surface area contributed by atoms with Crippen molar-refractivity contribution in [2.24, 2.45) is 0 Å². The Morgan fingerprint density at radius 2 is 1.14 bits per heavy atom. The molecule has 36 heavy (non-hydrogen) atoms. The van der Waals surface area contributed by atoms with E-state index in [1.54, 1.807) is 4.90 Å². The summed E-state index contributed by atoms with van der Waals surface area (Å²) < 4.78 is 0. The van der Waals surface area contributed by atoms with E-state index in [9.17, 15) is 9.59 Å². The van der Waals surface area contributed by atoms with Gasteiger partial charge >= 0.3 is 12.1 Å². The molecule has 0 radical (unpaired) electrons. The number of hydrogen-bond acceptors (Lipinski definition) is 2. The fourth-order valence-electron chi connectivity index (χ4n) is 5.98. The average Bonchev–Trinajstić information content (AvgIpc) is 2.89. The number of carbonyl (C=O) groups is 2. The highest BCUT2D eigenvalue weighted by Crippen LogP contribution is 2.35. The van der Waals surface area contributed by atoms with Crippen molar-refractivity contribution in [2.75, 3.05) is 31.1 Å². The van der Waals surface area contributed by atoms with Crippen molar-refractivity contribution in [3.8, 4) is 0 Å². The number of fused-ring (bicyclic) bond motifs is 2. The van der Waals surface area contributed by atoms with E-state index in [1.807, 2.05) is 76.5 Å². The molecule has 0 aromatic heterocycles. The van der Waals surface area contributed by atoms with Crippen LogP contribution in [0.5, 0.6) is 0 Å². The Morgan fingerprint density at radius 1 is 0.639 bits per heavy atom. The Kier molecular flexibility index (Phi) is 6.09. The zero-order valence-corrected chi connectivity index (χ0v) is 20.4. The van der Waals surface area contributed by atoms with E-state index in [0.717, 1.165) is 43.7 Å². The summed E-state index contributed by atoms with van der Waals surface area (Å²) in [4.78, 5) is 35.4. The summed E-state index contributed by atoms with van der Waals surface area (Å²) >= 11 is 0. The molecule has 0 unspecified atom stereocenters. The number of anilines is 2. The molecule has 0 N–H and O–H groups in total. The van der Waals surface area contributed by atoms with E-state index in [2.05, 4.69) is 29.2 Å². The summed E-state index contributed by atoms with van der Waals surface area (Å²) in [6.07, 6.45) is 2.99. The van der Waals surface area contributed by atoms with E-state index in [4.69, 9.17) is 0 Å². The van der Waals surface area contributed by atoms with Crippen LogP contribution in [0.4, 0.5) is 21.0 Å². The van der Waals surface area contributed by atoms with Crippen molar-refractivity contribution in [3.63, 3.8) is 0 Å². The number of piperazine rings is 1. The van der Waals surface area contributed by atoms with Crippen LogP contribution in [0.25, 0.3) is 0 Å². The Morgan fingerprint density at radius 3 is 1.67 bits per heavy atom. The third-order valence-corrected chi connectivity index (χ3v) is 7.86. The van der Waals surface area contributed by atoms with Crippen LogP contribution in [0.15, 0.2) is 91.0 Å². The van der Waals surface area contributed by atoms with Crippen LogP contribution in [0, 0.1) is 0 Å². The minimum Gasteiger partial charge on any atom is -0.323 e. The standard InChI is InChI=1S/C30H32N4O2/c35-29(31-19-24(20-31)23-11-4-1-5-12-23)34-27-17-10-18-28(34)22-32(21-27)30(36)33(25-13-6-2-7-14-25)26-15-8-3-9-16-26/h1-9,11-16,24,27-28H,10,17-22H2/t27-,28+. The van der Waals surface area contributed by atoms with Gasteiger partial charge in [0.1, 0.15) is 0 Å². The molecule has 3 aliphatic rings. The van der Waals surface area contributed by atoms with E-state index >= 15 is 0 Å². The number of rotatable bonds is 3. The molecule has 6 heteroatoms. The van der Waals surface area contributed by atoms with Gasteiger partial charge in [0.15, 0.2) is 0 Å². The number of likely N-dealkylation sites (tertiary alicyclic amines) is 2. The van der Waals surface area contributed by atoms with Crippen LogP contribution < -0.4 is 4.90 Å². The number of para-hydroxylation sites is 2. The maximum Gasteiger partial charge on any atom is 0.329 e. The maximum atomic E-state index is 13.9. The van der Waals surface area contributed by atoms with Crippen molar-refractivity contribution in [3.05, 3.63) is 96.6 Å². The first-order chi connectivity index (χ1) is 17.7. The van der Waals surface area contributed by atoms with Crippen LogP contribution in [0.2, 0.25) is 0 Å². The monoisotopic (exact) mass is 480 g/mol. The molecule has 0 saturated carbocycles. The number of carbonyl (C=O) groups excluding carboxylic acids is 2. The summed E-state index contributed by atoms with van der Waals surface area (Å²) in [7, 11) is 0. The van der Waals surface area contributed by atoms with Crippen molar-refractivity contribution in [1.82, 2.24) is 14.7 Å². The predicted octanol–water partition coefficient (Wildman–Crippen LogP) is 5.70. The highest BCUT2D eigenvalue weighted by atomic mass is 16.2. The third kappa shape index (κ3) is 4.21. The Hall–Kier alpha value is -3.80. The fraction of sp³-hybridized carbons (Fsp3) is 0.333. The van der Waals surface area contributed by atoms with E-state index in [1.165, 1.54) is 5.56 Å². The van der Waals surface area contributed by atoms with Crippen LogP contribution in [0.1, 0.15) is 30.7 Å². The largest absolute Gasteiger partial charge is 0.329 e. The normalized spacial score (nSPS) is 21.6. The Balaban J connectivity index is 1.18. The second kappa shape index (κ2) is 9.69. The van der Waals surface area contributed by atoms with Crippen molar-refractivity contribution in [2.45, 2.75) is 37.3 Å². The van der Waals surface area contributed by atoms with Gasteiger partial charge in [0, 0.05) is 32.1 Å². The first kappa shape index (κ1) is 22.7. The summed E-state index contributed by atoms with van der Waals surface area (Å²) in [5, 5.41) is 0. The number of piperidine rings is 1. The molecule has 6 nitrogen and oxygen atoms in total. The molecular formula is C30H32N4O2. The number of benzene rings is 3. The van der Waals surface area contributed by atoms with Crippen molar-refractivity contribution in [1.29, 1.82) is 0 Å². The smallest absolute Gasteiger partial charge is 0.323 e. The third-order valence-electron chi connectivity index (χ3n) is 7.86. The average molecular weight is 481 g/mol. The van der Waals surface area contributed by atoms with Crippen LogP contribution in [0.3, 0.4) is 0 Å². The molecule has 0 spiro atoms. The molecule has 184 valence electrons. The number of amides is 4. The van der Waals surface area contributed by atoms with Gasteiger partial charge in [0.25, 0.3) is 0 Å². The number of hydrogen-bond donors (Lipinski definition) is 0. The maximum absolute atomic E-state index is 13.9. The van der Waals surface area contributed by atoms with Crippen LogP contribution in [-0.2, 0) is 0 Å². The number of nitrogens with zero attached hydrogens (tertiary/aromatic N) is 4. The van der Waals surface area contributed by atoms with Gasteiger partial charge in [-0.05, 0) is 49.1 Å². The zero-order chi connectivity index (χ0) is 24.5. The van der Waals surface area contributed by atoms with Crippen LogP contribution in [-0.4, -0.2) is 65.0 Å². The SMILES string of the molecule is O=C(N1C[C@H]2CCC[C@@H](C1)N2C(=O)N1CC(c2ccccc2)C1)N(c1ccccc1)c1ccccc1. The molecule has 2 bridgehead atoms. The van der Waals surface area contributed by atoms with Crippen LogP contribution >= 0.6 is 0 Å². The van der Waals surface area contributed by atoms with E-state index in [-0.39, 0.29) is 24.1 Å². The molecule has 2 atom stereocenters. The molecule has 3 saturated heterocycles. The quantitative estimate of drug-likeness (QED) is 0.483. The molecule has 0 aliphatic carbocycles. The number of urea groups is 2. The van der Waals surface area contributed by atoms with Gasteiger partial charge in [-0.2, -0.15) is 0 Å². The summed E-state index contributed by atoms with van der Waals surface area (Å²) in [5.41, 5.74) is 3.01. The van der Waals surface area contributed by atoms with Gasteiger partial charge in [0.2, 0.25) is 0 Å². The molecule has 6 rings (SSSR count). The lowest BCUT2D eigenvalue weighted by molar-refractivity contribution is 0.0118. The van der Waals surface area contributed by atoms with Crippen molar-refractivity contribution >= 4 is 23.4 Å². The minimum atomic E-state index is -0.0236. The topological polar surface area (TPSA) is 47.1 Å². The van der Waals surface area contributed by atoms with Crippen molar-refractivity contribution < 1.29 is 9.59 Å². The van der Waals surface area contributed by atoms with Gasteiger partial charge in [-0.1, -0.05) is 66.7 Å². The lowest BCUT2D eigenvalue weighted by Crippen LogP contribution is -2.68. The molecule has 4 amide bonds. The highest BCUT2D eigenvalue weighted by Gasteiger charge is 2.45. The first-order valence-electron chi connectivity index (χ1n) is 13.0. The van der Waals surface area contributed by atoms with Gasteiger partial charge < -0.3 is 14.7 Å². The minimum absolute atomic E-state index is 0.0236. The lowest BCUT2D eigenvalue weighted by atomic mass is 9.89. The molecule has 3 heterocycles. The summed E-state index contributed by atoms with van der Waals surface area (Å²) in [6, 6.07) is 30.4. The first-order valence-corrected chi connectivity index (χ1v) is 13.0. The second-order valence-corrected chi connectivity index (χ2v) is 10.1. The Labute approximate surface area is 212 Å². The van der Waals surface area contributed by atoms with E-state index < -0.39 is 0 Å². The molecule has 3 aromatic carbocycles. The van der Waals surface area contributed by atoms with Gasteiger partial charge in [-0.25, -0.2) is 9.59 Å². The Bertz CT molecular complexity index is 1140. The van der Waals surface area contributed by atoms with Gasteiger partial charge in [-0.15, -0.1) is 0 Å². The molecular weight excluding hydrogens is 448 g/mol. The summed E-state index contributed by atoms with van der Waals surface area (Å²) in [6.45, 7) is 2.70. The van der Waals surface area contributed by atoms with E-state index in [0.29, 0.717) is 19.0 Å².